The van der Waals surface area contributed by atoms with E-state index in [4.69, 9.17) is 15.3 Å². The molecule has 0 saturated carbocycles. The topological polar surface area (TPSA) is 77.1 Å². The highest BCUT2D eigenvalue weighted by molar-refractivity contribution is 5.70. The fourth-order valence-electron chi connectivity index (χ4n) is 1.63. The normalized spacial score (nSPS) is 24.7. The maximum absolute atomic E-state index is 11.8. The summed E-state index contributed by atoms with van der Waals surface area (Å²) in [5.41, 5.74) is -0.611. The Labute approximate surface area is 95.2 Å². The van der Waals surface area contributed by atoms with Crippen LogP contribution in [0.1, 0.15) is 33.6 Å². The molecule has 0 N–H and O–H groups in total. The van der Waals surface area contributed by atoms with Crippen molar-refractivity contribution in [1.82, 2.24) is 4.90 Å². The van der Waals surface area contributed by atoms with Crippen molar-refractivity contribution >= 4 is 6.09 Å². The van der Waals surface area contributed by atoms with E-state index < -0.39 is 23.8 Å². The first-order valence-electron chi connectivity index (χ1n) is 5.19. The first kappa shape index (κ1) is 12.3. The lowest BCUT2D eigenvalue weighted by Gasteiger charge is -2.27. The van der Waals surface area contributed by atoms with Crippen molar-refractivity contribution in [2.24, 2.45) is 0 Å². The number of amides is 1. The zero-order valence-corrected chi connectivity index (χ0v) is 9.73. The number of nitrogens with zero attached hydrogens (tertiary/aromatic N) is 3. The van der Waals surface area contributed by atoms with Gasteiger partial charge in [0.1, 0.15) is 17.7 Å². The van der Waals surface area contributed by atoms with Gasteiger partial charge in [-0.05, 0) is 33.6 Å². The molecule has 0 aromatic carbocycles. The number of nitriles is 2. The standard InChI is InChI=1S/C11H15N3O2/c1-11(2,3)16-10(15)14-8(6-12)4-5-9(14)7-13/h8-9H,4-5H2,1-3H3. The van der Waals surface area contributed by atoms with Crippen LogP contribution in [0.15, 0.2) is 0 Å². The van der Waals surface area contributed by atoms with Crippen molar-refractivity contribution in [3.05, 3.63) is 0 Å². The number of hydrogen-bond donors (Lipinski definition) is 0. The second kappa shape index (κ2) is 4.40. The molecule has 1 fully saturated rings. The third-order valence-corrected chi connectivity index (χ3v) is 2.29. The molecule has 0 bridgehead atoms. The lowest BCUT2D eigenvalue weighted by molar-refractivity contribution is 0.0221. The van der Waals surface area contributed by atoms with Gasteiger partial charge in [-0.2, -0.15) is 10.5 Å². The average Bonchev–Trinajstić information content (AvgIpc) is 2.57. The van der Waals surface area contributed by atoms with Crippen LogP contribution >= 0.6 is 0 Å². The van der Waals surface area contributed by atoms with E-state index in [1.165, 1.54) is 4.90 Å². The smallest absolute Gasteiger partial charge is 0.412 e. The minimum absolute atomic E-state index is 0.536. The Morgan fingerprint density at radius 3 is 2.00 bits per heavy atom. The Kier molecular flexibility index (Phi) is 3.39. The molecule has 2 unspecified atom stereocenters. The fourth-order valence-corrected chi connectivity index (χ4v) is 1.63. The van der Waals surface area contributed by atoms with Gasteiger partial charge in [-0.25, -0.2) is 4.79 Å². The molecular formula is C11H15N3O2. The highest BCUT2D eigenvalue weighted by Crippen LogP contribution is 2.25. The Morgan fingerprint density at radius 2 is 1.69 bits per heavy atom. The number of carbonyl (C=O) groups excluding carboxylic acids is 1. The second-order valence-corrected chi connectivity index (χ2v) is 4.75. The summed E-state index contributed by atoms with van der Waals surface area (Å²) >= 11 is 0. The zero-order chi connectivity index (χ0) is 12.3. The summed E-state index contributed by atoms with van der Waals surface area (Å²) in [7, 11) is 0. The number of ether oxygens (including phenoxy) is 1. The van der Waals surface area contributed by atoms with E-state index in [0.29, 0.717) is 12.8 Å². The SMILES string of the molecule is CC(C)(C)OC(=O)N1C(C#N)CCC1C#N. The Balaban J connectivity index is 2.80. The molecule has 2 atom stereocenters. The zero-order valence-electron chi connectivity index (χ0n) is 9.73. The lowest BCUT2D eigenvalue weighted by atomic mass is 10.2. The predicted octanol–water partition coefficient (Wildman–Crippen LogP) is 1.80. The largest absolute Gasteiger partial charge is 0.444 e. The Hall–Kier alpha value is -1.75. The highest BCUT2D eigenvalue weighted by Gasteiger charge is 2.39. The highest BCUT2D eigenvalue weighted by atomic mass is 16.6. The van der Waals surface area contributed by atoms with Gasteiger partial charge in [-0.3, -0.25) is 4.90 Å². The van der Waals surface area contributed by atoms with Crippen LogP contribution in [0.2, 0.25) is 0 Å². The molecule has 1 rings (SSSR count). The van der Waals surface area contributed by atoms with Gasteiger partial charge in [-0.1, -0.05) is 0 Å². The third-order valence-electron chi connectivity index (χ3n) is 2.29. The van der Waals surface area contributed by atoms with Crippen LogP contribution < -0.4 is 0 Å². The van der Waals surface area contributed by atoms with Crippen LogP contribution in [-0.4, -0.2) is 28.7 Å². The average molecular weight is 221 g/mol. The first-order valence-corrected chi connectivity index (χ1v) is 5.19. The van der Waals surface area contributed by atoms with Crippen LogP contribution in [-0.2, 0) is 4.74 Å². The van der Waals surface area contributed by atoms with Crippen LogP contribution in [0.4, 0.5) is 4.79 Å². The van der Waals surface area contributed by atoms with E-state index in [-0.39, 0.29) is 0 Å². The monoisotopic (exact) mass is 221 g/mol. The number of likely N-dealkylation sites (tertiary alicyclic amines) is 1. The van der Waals surface area contributed by atoms with Crippen molar-refractivity contribution in [2.75, 3.05) is 0 Å². The first-order chi connectivity index (χ1) is 7.39. The molecule has 5 nitrogen and oxygen atoms in total. The molecule has 0 spiro atoms. The molecule has 1 saturated heterocycles. The van der Waals surface area contributed by atoms with E-state index in [9.17, 15) is 4.79 Å². The van der Waals surface area contributed by atoms with E-state index in [1.54, 1.807) is 20.8 Å². The van der Waals surface area contributed by atoms with E-state index >= 15 is 0 Å². The van der Waals surface area contributed by atoms with Gasteiger partial charge >= 0.3 is 6.09 Å². The number of rotatable bonds is 0. The van der Waals surface area contributed by atoms with E-state index in [1.807, 2.05) is 12.1 Å². The summed E-state index contributed by atoms with van der Waals surface area (Å²) in [5.74, 6) is 0. The summed E-state index contributed by atoms with van der Waals surface area (Å²) in [4.78, 5) is 13.0. The van der Waals surface area contributed by atoms with Crippen LogP contribution in [0.3, 0.4) is 0 Å². The summed E-state index contributed by atoms with van der Waals surface area (Å²) < 4.78 is 5.17. The Morgan fingerprint density at radius 1 is 1.25 bits per heavy atom. The van der Waals surface area contributed by atoms with Gasteiger partial charge in [0.15, 0.2) is 0 Å². The third kappa shape index (κ3) is 2.64. The minimum Gasteiger partial charge on any atom is -0.444 e. The predicted molar refractivity (Wildman–Crippen MR) is 56.1 cm³/mol. The summed E-state index contributed by atoms with van der Waals surface area (Å²) in [6, 6.07) is 2.95. The molecule has 86 valence electrons. The van der Waals surface area contributed by atoms with Gasteiger partial charge in [0.25, 0.3) is 0 Å². The minimum atomic E-state index is -0.611. The van der Waals surface area contributed by atoms with Crippen molar-refractivity contribution in [2.45, 2.75) is 51.3 Å². The number of carbonyl (C=O) groups is 1. The Bertz CT molecular complexity index is 337. The molecule has 0 aliphatic carbocycles. The molecule has 0 radical (unpaired) electrons. The van der Waals surface area contributed by atoms with Crippen LogP contribution in [0, 0.1) is 22.7 Å². The van der Waals surface area contributed by atoms with Gasteiger partial charge in [-0.15, -0.1) is 0 Å². The molecule has 1 aliphatic heterocycles. The second-order valence-electron chi connectivity index (χ2n) is 4.75. The summed E-state index contributed by atoms with van der Waals surface area (Å²) in [6.45, 7) is 5.26. The van der Waals surface area contributed by atoms with Crippen molar-refractivity contribution in [3.63, 3.8) is 0 Å². The lowest BCUT2D eigenvalue weighted by Crippen LogP contribution is -2.43. The summed E-state index contributed by atoms with van der Waals surface area (Å²) in [6.07, 6.45) is 0.491. The molecule has 0 aromatic heterocycles. The van der Waals surface area contributed by atoms with E-state index in [0.717, 1.165) is 0 Å². The number of hydrogen-bond acceptors (Lipinski definition) is 4. The molecule has 16 heavy (non-hydrogen) atoms. The maximum atomic E-state index is 11.8. The molecule has 1 aliphatic rings. The van der Waals surface area contributed by atoms with Crippen molar-refractivity contribution in [1.29, 1.82) is 10.5 Å². The molecular weight excluding hydrogens is 206 g/mol. The van der Waals surface area contributed by atoms with Gasteiger partial charge in [0.2, 0.25) is 0 Å². The molecule has 1 heterocycles. The van der Waals surface area contributed by atoms with Crippen molar-refractivity contribution in [3.8, 4) is 12.1 Å². The van der Waals surface area contributed by atoms with Gasteiger partial charge in [0, 0.05) is 0 Å². The van der Waals surface area contributed by atoms with E-state index in [2.05, 4.69) is 0 Å². The molecule has 1 amide bonds. The molecule has 0 aromatic rings. The van der Waals surface area contributed by atoms with Crippen molar-refractivity contribution < 1.29 is 9.53 Å². The van der Waals surface area contributed by atoms with Crippen LogP contribution in [0.5, 0.6) is 0 Å². The summed E-state index contributed by atoms with van der Waals surface area (Å²) in [5, 5.41) is 17.8. The van der Waals surface area contributed by atoms with Gasteiger partial charge in [0.05, 0.1) is 12.1 Å². The van der Waals surface area contributed by atoms with Crippen LogP contribution in [0.25, 0.3) is 0 Å². The quantitative estimate of drug-likeness (QED) is 0.625. The maximum Gasteiger partial charge on any atom is 0.412 e. The molecule has 5 heteroatoms. The fraction of sp³-hybridized carbons (Fsp3) is 0.727. The van der Waals surface area contributed by atoms with Gasteiger partial charge < -0.3 is 4.74 Å².